The number of hydrogen-bond donors (Lipinski definition) is 0. The highest BCUT2D eigenvalue weighted by Gasteiger charge is 2.25. The Bertz CT molecular complexity index is 1370. The lowest BCUT2D eigenvalue weighted by molar-refractivity contribution is 0.0528. The van der Waals surface area contributed by atoms with E-state index >= 15 is 0 Å². The van der Waals surface area contributed by atoms with Crippen LogP contribution in [0.5, 0.6) is 11.5 Å². The van der Waals surface area contributed by atoms with Crippen molar-refractivity contribution in [2.24, 2.45) is 0 Å². The highest BCUT2D eigenvalue weighted by atomic mass is 19.1. The molecule has 5 rings (SSSR count). The number of benzene rings is 3. The molecule has 0 unspecified atom stereocenters. The lowest BCUT2D eigenvalue weighted by Crippen LogP contribution is -2.17. The predicted octanol–water partition coefficient (Wildman–Crippen LogP) is 7.06. The van der Waals surface area contributed by atoms with Gasteiger partial charge >= 0.3 is 5.97 Å². The molecule has 2 heterocycles. The van der Waals surface area contributed by atoms with E-state index in [9.17, 15) is 9.18 Å². The SMILES string of the molecule is CCOC(=O)c1c(-c2ccc(Oc3ccc(F)cc3)cc2)oc2cc3c(cc12)C=CCCN3C. The first kappa shape index (κ1) is 21.8. The minimum Gasteiger partial charge on any atom is -0.462 e. The fourth-order valence-electron chi connectivity index (χ4n) is 4.13. The van der Waals surface area contributed by atoms with Gasteiger partial charge in [-0.3, -0.25) is 0 Å². The first-order chi connectivity index (χ1) is 16.5. The summed E-state index contributed by atoms with van der Waals surface area (Å²) in [6.07, 6.45) is 5.18. The van der Waals surface area contributed by atoms with Crippen molar-refractivity contribution in [3.63, 3.8) is 0 Å². The Morgan fingerprint density at radius 2 is 1.76 bits per heavy atom. The van der Waals surface area contributed by atoms with Crippen LogP contribution in [0.3, 0.4) is 0 Å². The number of ether oxygens (including phenoxy) is 2. The minimum atomic E-state index is -0.422. The lowest BCUT2D eigenvalue weighted by atomic mass is 10.0. The van der Waals surface area contributed by atoms with Gasteiger partial charge in [0.05, 0.1) is 6.61 Å². The van der Waals surface area contributed by atoms with Gasteiger partial charge in [0.15, 0.2) is 0 Å². The summed E-state index contributed by atoms with van der Waals surface area (Å²) in [6.45, 7) is 2.96. The third-order valence-corrected chi connectivity index (χ3v) is 5.82. The molecule has 1 aliphatic heterocycles. The van der Waals surface area contributed by atoms with Crippen molar-refractivity contribution >= 4 is 28.7 Å². The van der Waals surface area contributed by atoms with E-state index in [4.69, 9.17) is 13.9 Å². The third-order valence-electron chi connectivity index (χ3n) is 5.82. The second-order valence-electron chi connectivity index (χ2n) is 8.13. The first-order valence-electron chi connectivity index (χ1n) is 11.2. The van der Waals surface area contributed by atoms with E-state index < -0.39 is 5.97 Å². The molecule has 0 spiro atoms. The summed E-state index contributed by atoms with van der Waals surface area (Å²) < 4.78 is 30.6. The fourth-order valence-corrected chi connectivity index (χ4v) is 4.13. The molecule has 172 valence electrons. The first-order valence-corrected chi connectivity index (χ1v) is 11.2. The van der Waals surface area contributed by atoms with Crippen LogP contribution in [0.1, 0.15) is 29.3 Å². The van der Waals surface area contributed by atoms with Crippen LogP contribution in [0.25, 0.3) is 28.4 Å². The summed E-state index contributed by atoms with van der Waals surface area (Å²) >= 11 is 0. The molecular weight excluding hydrogens is 433 g/mol. The normalized spacial score (nSPS) is 13.0. The van der Waals surface area contributed by atoms with E-state index in [2.05, 4.69) is 17.1 Å². The Labute approximate surface area is 197 Å². The zero-order chi connectivity index (χ0) is 23.7. The molecule has 0 saturated heterocycles. The average Bonchev–Trinajstić information content (AvgIpc) is 3.11. The van der Waals surface area contributed by atoms with Gasteiger partial charge in [-0.15, -0.1) is 0 Å². The van der Waals surface area contributed by atoms with Crippen molar-refractivity contribution in [2.75, 3.05) is 25.1 Å². The summed E-state index contributed by atoms with van der Waals surface area (Å²) in [7, 11) is 2.05. The molecule has 1 aromatic heterocycles. The smallest absolute Gasteiger partial charge is 0.342 e. The average molecular weight is 458 g/mol. The number of nitrogens with zero attached hydrogens (tertiary/aromatic N) is 1. The maximum atomic E-state index is 13.1. The van der Waals surface area contributed by atoms with Crippen LogP contribution in [0.4, 0.5) is 10.1 Å². The summed E-state index contributed by atoms with van der Waals surface area (Å²) in [5.74, 6) is 0.826. The van der Waals surface area contributed by atoms with E-state index in [0.29, 0.717) is 28.4 Å². The Morgan fingerprint density at radius 1 is 1.06 bits per heavy atom. The van der Waals surface area contributed by atoms with Gasteiger partial charge in [0, 0.05) is 36.3 Å². The Morgan fingerprint density at radius 3 is 2.47 bits per heavy atom. The number of esters is 1. The lowest BCUT2D eigenvalue weighted by Gasteiger charge is -2.18. The summed E-state index contributed by atoms with van der Waals surface area (Å²) in [4.78, 5) is 15.2. The highest BCUT2D eigenvalue weighted by Crippen LogP contribution is 2.39. The van der Waals surface area contributed by atoms with Crippen LogP contribution in [0, 0.1) is 5.82 Å². The molecule has 0 bridgehead atoms. The molecule has 3 aromatic carbocycles. The van der Waals surface area contributed by atoms with Gasteiger partial charge in [-0.05, 0) is 73.5 Å². The van der Waals surface area contributed by atoms with Crippen LogP contribution in [0.15, 0.2) is 71.2 Å². The van der Waals surface area contributed by atoms with Crippen molar-refractivity contribution in [1.82, 2.24) is 0 Å². The predicted molar refractivity (Wildman–Crippen MR) is 131 cm³/mol. The van der Waals surface area contributed by atoms with E-state index in [1.807, 2.05) is 31.3 Å². The second kappa shape index (κ2) is 9.06. The monoisotopic (exact) mass is 457 g/mol. The van der Waals surface area contributed by atoms with Gasteiger partial charge in [-0.1, -0.05) is 12.2 Å². The summed E-state index contributed by atoms with van der Waals surface area (Å²) in [5, 5.41) is 0.721. The van der Waals surface area contributed by atoms with Gasteiger partial charge in [0.2, 0.25) is 0 Å². The standard InChI is InChI=1S/C28H24FNO4/c1-3-32-28(31)26-23-16-19-6-4-5-15-30(2)24(19)17-25(23)34-27(26)18-7-11-21(12-8-18)33-22-13-9-20(29)10-14-22/h4,6-14,16-17H,3,5,15H2,1-2H3. The number of halogens is 1. The molecule has 1 aliphatic rings. The quantitative estimate of drug-likeness (QED) is 0.300. The van der Waals surface area contributed by atoms with Crippen molar-refractivity contribution in [1.29, 1.82) is 0 Å². The summed E-state index contributed by atoms with van der Waals surface area (Å²) in [5.41, 5.74) is 3.86. The fraction of sp³-hybridized carbons (Fsp3) is 0.179. The van der Waals surface area contributed by atoms with Crippen LogP contribution in [-0.4, -0.2) is 26.2 Å². The molecule has 0 fully saturated rings. The molecule has 0 amide bonds. The van der Waals surface area contributed by atoms with E-state index in [0.717, 1.165) is 35.2 Å². The van der Waals surface area contributed by atoms with E-state index in [1.165, 1.54) is 12.1 Å². The number of furan rings is 1. The van der Waals surface area contributed by atoms with E-state index in [-0.39, 0.29) is 12.4 Å². The number of rotatable bonds is 5. The maximum Gasteiger partial charge on any atom is 0.342 e. The van der Waals surface area contributed by atoms with Gasteiger partial charge in [0.25, 0.3) is 0 Å². The van der Waals surface area contributed by atoms with Crippen molar-refractivity contribution in [2.45, 2.75) is 13.3 Å². The second-order valence-corrected chi connectivity index (χ2v) is 8.13. The van der Waals surface area contributed by atoms with Gasteiger partial charge in [-0.25, -0.2) is 9.18 Å². The van der Waals surface area contributed by atoms with Crippen LogP contribution >= 0.6 is 0 Å². The van der Waals surface area contributed by atoms with E-state index in [1.54, 1.807) is 31.2 Å². The van der Waals surface area contributed by atoms with Crippen LogP contribution < -0.4 is 9.64 Å². The molecule has 5 nitrogen and oxygen atoms in total. The number of anilines is 1. The van der Waals surface area contributed by atoms with Gasteiger partial charge < -0.3 is 18.8 Å². The van der Waals surface area contributed by atoms with Crippen molar-refractivity contribution < 1.29 is 23.1 Å². The van der Waals surface area contributed by atoms with Crippen LogP contribution in [-0.2, 0) is 4.74 Å². The zero-order valence-electron chi connectivity index (χ0n) is 19.0. The third kappa shape index (κ3) is 4.15. The molecule has 0 N–H and O–H groups in total. The number of hydrogen-bond acceptors (Lipinski definition) is 5. The van der Waals surface area contributed by atoms with Crippen molar-refractivity contribution in [3.8, 4) is 22.8 Å². The Hall–Kier alpha value is -4.06. The highest BCUT2D eigenvalue weighted by molar-refractivity contribution is 6.10. The van der Waals surface area contributed by atoms with Gasteiger partial charge in [0.1, 0.15) is 34.2 Å². The molecular formula is C28H24FNO4. The molecule has 0 radical (unpaired) electrons. The van der Waals surface area contributed by atoms with Crippen molar-refractivity contribution in [3.05, 3.63) is 83.7 Å². The maximum absolute atomic E-state index is 13.1. The Kier molecular flexibility index (Phi) is 5.80. The summed E-state index contributed by atoms with van der Waals surface area (Å²) in [6, 6.07) is 17.0. The molecule has 0 saturated carbocycles. The topological polar surface area (TPSA) is 51.9 Å². The largest absolute Gasteiger partial charge is 0.462 e. The molecule has 4 aromatic rings. The Balaban J connectivity index is 1.57. The molecule has 0 aliphatic carbocycles. The number of carbonyl (C=O) groups excluding carboxylic acids is 1. The van der Waals surface area contributed by atoms with Crippen LogP contribution in [0.2, 0.25) is 0 Å². The zero-order valence-corrected chi connectivity index (χ0v) is 19.0. The molecule has 0 atom stereocenters. The molecule has 34 heavy (non-hydrogen) atoms. The van der Waals surface area contributed by atoms with Gasteiger partial charge in [-0.2, -0.15) is 0 Å². The number of carbonyl (C=O) groups is 1. The minimum absolute atomic E-state index is 0.267. The molecule has 6 heteroatoms. The number of fused-ring (bicyclic) bond motifs is 2.